The molecule has 2 heterocycles. The first kappa shape index (κ1) is 17.6. The van der Waals surface area contributed by atoms with Crippen molar-refractivity contribution in [2.45, 2.75) is 31.8 Å². The van der Waals surface area contributed by atoms with Crippen LogP contribution < -0.4 is 5.32 Å². The van der Waals surface area contributed by atoms with E-state index in [1.165, 1.54) is 0 Å². The Morgan fingerprint density at radius 3 is 2.96 bits per heavy atom. The summed E-state index contributed by atoms with van der Waals surface area (Å²) in [5.41, 5.74) is 1.92. The zero-order valence-electron chi connectivity index (χ0n) is 14.6. The molecule has 2 N–H and O–H groups in total. The van der Waals surface area contributed by atoms with E-state index in [1.807, 2.05) is 0 Å². The van der Waals surface area contributed by atoms with Gasteiger partial charge in [0.15, 0.2) is 0 Å². The number of aromatic nitrogens is 2. The fraction of sp³-hybridized carbons (Fsp3) is 0.300. The number of hydrogen-bond donors (Lipinski definition) is 2. The molecule has 1 unspecified atom stereocenters. The number of halogens is 2. The number of carbonyl (C=O) groups is 1. The van der Waals surface area contributed by atoms with Gasteiger partial charge in [-0.05, 0) is 55.7 Å². The average molecular weight is 371 g/mol. The van der Waals surface area contributed by atoms with Gasteiger partial charge in [-0.25, -0.2) is 13.8 Å². The van der Waals surface area contributed by atoms with E-state index in [0.717, 1.165) is 37.6 Å². The lowest BCUT2D eigenvalue weighted by Gasteiger charge is -2.09. The standard InChI is InChI=1S/C20H19F2N3O2/c21-12-3-6-16(22)15(10-12)20-24-17-7-4-13(11-18(17)25-20)23-19(26)8-5-14-2-1-9-27-14/h3-4,6-7,10-11,14H,1-2,5,8-9H2,(H,23,26)(H,24,25). The Labute approximate surface area is 154 Å². The summed E-state index contributed by atoms with van der Waals surface area (Å²) in [4.78, 5) is 19.4. The number of nitrogens with one attached hydrogen (secondary N) is 2. The van der Waals surface area contributed by atoms with Gasteiger partial charge in [0.05, 0.1) is 22.7 Å². The van der Waals surface area contributed by atoms with E-state index in [1.54, 1.807) is 18.2 Å². The van der Waals surface area contributed by atoms with Crippen LogP contribution in [0.1, 0.15) is 25.7 Å². The second kappa shape index (κ2) is 7.44. The van der Waals surface area contributed by atoms with Crippen LogP contribution >= 0.6 is 0 Å². The predicted molar refractivity (Wildman–Crippen MR) is 98.3 cm³/mol. The quantitative estimate of drug-likeness (QED) is 0.698. The Bertz CT molecular complexity index is 981. The minimum Gasteiger partial charge on any atom is -0.378 e. The maximum Gasteiger partial charge on any atom is 0.224 e. The van der Waals surface area contributed by atoms with Gasteiger partial charge in [0, 0.05) is 18.7 Å². The first-order valence-corrected chi connectivity index (χ1v) is 8.95. The first-order valence-electron chi connectivity index (χ1n) is 8.95. The third kappa shape index (κ3) is 3.98. The molecule has 0 bridgehead atoms. The molecule has 1 amide bonds. The van der Waals surface area contributed by atoms with Crippen molar-refractivity contribution in [1.82, 2.24) is 9.97 Å². The fourth-order valence-electron chi connectivity index (χ4n) is 3.28. The van der Waals surface area contributed by atoms with E-state index in [2.05, 4.69) is 15.3 Å². The number of aromatic amines is 1. The number of H-pyrrole nitrogens is 1. The van der Waals surface area contributed by atoms with Crippen LogP contribution in [0.2, 0.25) is 0 Å². The van der Waals surface area contributed by atoms with Gasteiger partial charge in [0.25, 0.3) is 0 Å². The van der Waals surface area contributed by atoms with Crippen molar-refractivity contribution in [2.24, 2.45) is 0 Å². The van der Waals surface area contributed by atoms with Gasteiger partial charge in [-0.15, -0.1) is 0 Å². The van der Waals surface area contributed by atoms with E-state index in [0.29, 0.717) is 29.6 Å². The highest BCUT2D eigenvalue weighted by atomic mass is 19.1. The first-order chi connectivity index (χ1) is 13.1. The number of rotatable bonds is 5. The number of ether oxygens (including phenoxy) is 1. The van der Waals surface area contributed by atoms with Crippen LogP contribution in [0.5, 0.6) is 0 Å². The van der Waals surface area contributed by atoms with Crippen LogP contribution in [-0.2, 0) is 9.53 Å². The van der Waals surface area contributed by atoms with Crippen molar-refractivity contribution >= 4 is 22.6 Å². The summed E-state index contributed by atoms with van der Waals surface area (Å²) in [7, 11) is 0. The number of nitrogens with zero attached hydrogens (tertiary/aromatic N) is 1. The number of anilines is 1. The summed E-state index contributed by atoms with van der Waals surface area (Å²) in [5.74, 6) is -0.936. The largest absolute Gasteiger partial charge is 0.378 e. The Morgan fingerprint density at radius 2 is 2.15 bits per heavy atom. The van der Waals surface area contributed by atoms with Crippen LogP contribution in [0, 0.1) is 11.6 Å². The normalized spacial score (nSPS) is 16.7. The smallest absolute Gasteiger partial charge is 0.224 e. The molecule has 0 saturated carbocycles. The van der Waals surface area contributed by atoms with Crippen molar-refractivity contribution in [3.63, 3.8) is 0 Å². The highest BCUT2D eigenvalue weighted by Gasteiger charge is 2.17. The third-order valence-electron chi connectivity index (χ3n) is 4.67. The predicted octanol–water partition coefficient (Wildman–Crippen LogP) is 4.41. The Balaban J connectivity index is 1.49. The minimum atomic E-state index is -0.557. The van der Waals surface area contributed by atoms with E-state index in [-0.39, 0.29) is 23.4 Å². The van der Waals surface area contributed by atoms with Crippen LogP contribution in [0.3, 0.4) is 0 Å². The SMILES string of the molecule is O=C(CCC1CCCO1)Nc1ccc2nc(-c3cc(F)ccc3F)[nH]c2c1. The molecule has 1 aliphatic heterocycles. The number of imidazole rings is 1. The summed E-state index contributed by atoms with van der Waals surface area (Å²) in [6.07, 6.45) is 3.34. The average Bonchev–Trinajstić information content (AvgIpc) is 3.31. The Hall–Kier alpha value is -2.80. The minimum absolute atomic E-state index is 0.0633. The van der Waals surface area contributed by atoms with Gasteiger partial charge in [-0.3, -0.25) is 4.79 Å². The number of hydrogen-bond acceptors (Lipinski definition) is 3. The Kier molecular flexibility index (Phi) is 4.85. The summed E-state index contributed by atoms with van der Waals surface area (Å²) in [6, 6.07) is 8.41. The molecule has 1 atom stereocenters. The monoisotopic (exact) mass is 371 g/mol. The molecule has 27 heavy (non-hydrogen) atoms. The topological polar surface area (TPSA) is 67.0 Å². The van der Waals surface area contributed by atoms with Gasteiger partial charge < -0.3 is 15.0 Å². The molecule has 1 fully saturated rings. The van der Waals surface area contributed by atoms with Crippen molar-refractivity contribution in [2.75, 3.05) is 11.9 Å². The second-order valence-electron chi connectivity index (χ2n) is 6.66. The lowest BCUT2D eigenvalue weighted by Crippen LogP contribution is -2.15. The lowest BCUT2D eigenvalue weighted by atomic mass is 10.1. The van der Waals surface area contributed by atoms with Crippen molar-refractivity contribution in [3.05, 3.63) is 48.0 Å². The van der Waals surface area contributed by atoms with E-state index in [9.17, 15) is 13.6 Å². The molecule has 140 valence electrons. The number of amides is 1. The summed E-state index contributed by atoms with van der Waals surface area (Å²) < 4.78 is 32.9. The van der Waals surface area contributed by atoms with Crippen molar-refractivity contribution in [3.8, 4) is 11.4 Å². The van der Waals surface area contributed by atoms with Crippen molar-refractivity contribution < 1.29 is 18.3 Å². The van der Waals surface area contributed by atoms with Gasteiger partial charge >= 0.3 is 0 Å². The van der Waals surface area contributed by atoms with E-state index in [4.69, 9.17) is 4.74 Å². The summed E-state index contributed by atoms with van der Waals surface area (Å²) in [6.45, 7) is 0.775. The molecular formula is C20H19F2N3O2. The lowest BCUT2D eigenvalue weighted by molar-refractivity contribution is -0.116. The molecule has 0 spiro atoms. The number of fused-ring (bicyclic) bond motifs is 1. The molecule has 0 aliphatic carbocycles. The zero-order chi connectivity index (χ0) is 18.8. The Morgan fingerprint density at radius 1 is 1.26 bits per heavy atom. The fourth-order valence-corrected chi connectivity index (χ4v) is 3.28. The zero-order valence-corrected chi connectivity index (χ0v) is 14.6. The maximum atomic E-state index is 14.0. The molecule has 7 heteroatoms. The number of carbonyl (C=O) groups excluding carboxylic acids is 1. The molecule has 0 radical (unpaired) electrons. The van der Waals surface area contributed by atoms with Gasteiger partial charge in [-0.2, -0.15) is 0 Å². The van der Waals surface area contributed by atoms with Gasteiger partial charge in [-0.1, -0.05) is 0 Å². The molecule has 2 aromatic carbocycles. The molecule has 1 aliphatic rings. The summed E-state index contributed by atoms with van der Waals surface area (Å²) in [5, 5.41) is 2.85. The number of benzene rings is 2. The molecule has 1 saturated heterocycles. The van der Waals surface area contributed by atoms with Crippen LogP contribution in [0.4, 0.5) is 14.5 Å². The molecule has 1 aromatic heterocycles. The van der Waals surface area contributed by atoms with Crippen molar-refractivity contribution in [1.29, 1.82) is 0 Å². The molecule has 4 rings (SSSR count). The second-order valence-corrected chi connectivity index (χ2v) is 6.66. The summed E-state index contributed by atoms with van der Waals surface area (Å²) >= 11 is 0. The highest BCUT2D eigenvalue weighted by molar-refractivity contribution is 5.93. The van der Waals surface area contributed by atoms with Crippen LogP contribution in [-0.4, -0.2) is 28.6 Å². The third-order valence-corrected chi connectivity index (χ3v) is 4.67. The van der Waals surface area contributed by atoms with E-state index < -0.39 is 11.6 Å². The highest BCUT2D eigenvalue weighted by Crippen LogP contribution is 2.26. The maximum absolute atomic E-state index is 14.0. The van der Waals surface area contributed by atoms with Gasteiger partial charge in [0.2, 0.25) is 5.91 Å². The van der Waals surface area contributed by atoms with Crippen LogP contribution in [0.25, 0.3) is 22.4 Å². The van der Waals surface area contributed by atoms with Gasteiger partial charge in [0.1, 0.15) is 17.5 Å². The van der Waals surface area contributed by atoms with E-state index >= 15 is 0 Å². The van der Waals surface area contributed by atoms with Crippen LogP contribution in [0.15, 0.2) is 36.4 Å². The molecular weight excluding hydrogens is 352 g/mol. The molecule has 3 aromatic rings. The molecule has 5 nitrogen and oxygen atoms in total.